The molecular formula is C6H4ClN. The zero-order valence-corrected chi connectivity index (χ0v) is 4.89. The second kappa shape index (κ2) is 2.05. The van der Waals surface area contributed by atoms with Crippen LogP contribution in [0.4, 0.5) is 5.69 Å². The van der Waals surface area contributed by atoms with Crippen molar-refractivity contribution in [2.75, 3.05) is 0 Å². The van der Waals surface area contributed by atoms with E-state index in [9.17, 15) is 0 Å². The number of nitrogens with zero attached hydrogens (tertiary/aromatic N) is 1. The highest BCUT2D eigenvalue weighted by atomic mass is 35.5. The fourth-order valence-corrected chi connectivity index (χ4v) is 0.567. The van der Waals surface area contributed by atoms with Gasteiger partial charge in [0.25, 0.3) is 0 Å². The zero-order chi connectivity index (χ0) is 5.98. The summed E-state index contributed by atoms with van der Waals surface area (Å²) in [6, 6.07) is 6.36. The molecule has 8 heavy (non-hydrogen) atoms. The van der Waals surface area contributed by atoms with Crippen LogP contribution in [0.5, 0.6) is 0 Å². The second-order valence-corrected chi connectivity index (χ2v) is 1.91. The lowest BCUT2D eigenvalue weighted by atomic mass is 10.3. The van der Waals surface area contributed by atoms with Gasteiger partial charge in [-0.2, -0.15) is 5.73 Å². The largest absolute Gasteiger partial charge is 0.151 e. The Balaban J connectivity index is 3.03. The Labute approximate surface area is 53.1 Å². The molecule has 0 aliphatic rings. The van der Waals surface area contributed by atoms with Crippen LogP contribution in [0.15, 0.2) is 24.3 Å². The Hall–Kier alpha value is -0.690. The molecular weight excluding hydrogens is 122 g/mol. The Morgan fingerprint density at radius 2 is 1.62 bits per heavy atom. The molecule has 0 spiro atoms. The lowest BCUT2D eigenvalue weighted by Gasteiger charge is -1.85. The summed E-state index contributed by atoms with van der Waals surface area (Å²) in [4.78, 5) is 0. The summed E-state index contributed by atoms with van der Waals surface area (Å²) in [7, 11) is 0. The van der Waals surface area contributed by atoms with Crippen molar-refractivity contribution >= 4 is 17.3 Å². The summed E-state index contributed by atoms with van der Waals surface area (Å²) in [5.41, 5.74) is 8.94. The number of halogens is 1. The van der Waals surface area contributed by atoms with Gasteiger partial charge in [0, 0.05) is 5.02 Å². The fourth-order valence-electron chi connectivity index (χ4n) is 0.441. The molecule has 0 amide bonds. The standard InChI is InChI=1S/C6H4ClN/c7-5-1-3-6(8)4-2-5/h1-4H. The molecule has 0 saturated carbocycles. The van der Waals surface area contributed by atoms with Crippen LogP contribution in [0, 0.1) is 0 Å². The van der Waals surface area contributed by atoms with Gasteiger partial charge in [-0.1, -0.05) is 11.6 Å². The van der Waals surface area contributed by atoms with Gasteiger partial charge in [-0.05, 0) is 24.3 Å². The fraction of sp³-hybridized carbons (Fsp3) is 0. The van der Waals surface area contributed by atoms with Gasteiger partial charge >= 0.3 is 0 Å². The van der Waals surface area contributed by atoms with Gasteiger partial charge in [0.1, 0.15) is 0 Å². The molecule has 0 aliphatic carbocycles. The van der Waals surface area contributed by atoms with E-state index in [1.807, 2.05) is 0 Å². The van der Waals surface area contributed by atoms with E-state index in [-0.39, 0.29) is 5.69 Å². The number of benzene rings is 1. The molecule has 2 radical (unpaired) electrons. The second-order valence-electron chi connectivity index (χ2n) is 1.48. The third kappa shape index (κ3) is 1.14. The van der Waals surface area contributed by atoms with Gasteiger partial charge in [-0.15, -0.1) is 0 Å². The average molecular weight is 126 g/mol. The summed E-state index contributed by atoms with van der Waals surface area (Å²) in [5.74, 6) is 0. The molecule has 0 bridgehead atoms. The molecule has 1 aromatic rings. The van der Waals surface area contributed by atoms with Crippen molar-refractivity contribution in [3.8, 4) is 0 Å². The molecule has 0 heterocycles. The summed E-state index contributed by atoms with van der Waals surface area (Å²) in [5, 5.41) is 0.641. The maximum absolute atomic E-state index is 8.70. The van der Waals surface area contributed by atoms with Crippen LogP contribution in [-0.4, -0.2) is 0 Å². The van der Waals surface area contributed by atoms with Crippen LogP contribution in [0.1, 0.15) is 0 Å². The monoisotopic (exact) mass is 125 g/mol. The van der Waals surface area contributed by atoms with E-state index in [1.165, 1.54) is 0 Å². The van der Waals surface area contributed by atoms with E-state index in [2.05, 4.69) is 0 Å². The highest BCUT2D eigenvalue weighted by molar-refractivity contribution is 6.30. The summed E-state index contributed by atoms with van der Waals surface area (Å²) >= 11 is 5.50. The molecule has 2 heteroatoms. The minimum atomic E-state index is 0.245. The van der Waals surface area contributed by atoms with Crippen LogP contribution in [-0.2, 0) is 0 Å². The number of hydrogen-bond acceptors (Lipinski definition) is 0. The predicted molar refractivity (Wildman–Crippen MR) is 33.2 cm³/mol. The van der Waals surface area contributed by atoms with Crippen molar-refractivity contribution in [2.45, 2.75) is 0 Å². The Morgan fingerprint density at radius 1 is 1.12 bits per heavy atom. The molecule has 0 aromatic heterocycles. The van der Waals surface area contributed by atoms with Gasteiger partial charge in [0.05, 0.1) is 5.69 Å². The van der Waals surface area contributed by atoms with Crippen LogP contribution in [0.2, 0.25) is 5.02 Å². The SMILES string of the molecule is [N]c1ccc(Cl)cc1. The number of hydrogen-bond donors (Lipinski definition) is 0. The summed E-state index contributed by atoms with van der Waals surface area (Å²) in [6.45, 7) is 0. The Morgan fingerprint density at radius 3 is 2.00 bits per heavy atom. The van der Waals surface area contributed by atoms with E-state index in [4.69, 9.17) is 17.3 Å². The molecule has 1 nitrogen and oxygen atoms in total. The highest BCUT2D eigenvalue weighted by Gasteiger charge is 1.84. The first kappa shape index (κ1) is 5.45. The van der Waals surface area contributed by atoms with Gasteiger partial charge in [-0.25, -0.2) is 0 Å². The van der Waals surface area contributed by atoms with E-state index >= 15 is 0 Å². The topological polar surface area (TPSA) is 22.3 Å². The van der Waals surface area contributed by atoms with Crippen molar-refractivity contribution in [3.63, 3.8) is 0 Å². The van der Waals surface area contributed by atoms with Gasteiger partial charge in [0.15, 0.2) is 0 Å². The average Bonchev–Trinajstić information content (AvgIpc) is 1.77. The summed E-state index contributed by atoms with van der Waals surface area (Å²) in [6.07, 6.45) is 0. The van der Waals surface area contributed by atoms with E-state index < -0.39 is 0 Å². The van der Waals surface area contributed by atoms with Crippen molar-refractivity contribution in [3.05, 3.63) is 29.3 Å². The van der Waals surface area contributed by atoms with E-state index in [0.29, 0.717) is 5.02 Å². The third-order valence-electron chi connectivity index (χ3n) is 0.827. The molecule has 0 atom stereocenters. The Kier molecular flexibility index (Phi) is 1.40. The summed E-state index contributed by atoms with van der Waals surface area (Å²) < 4.78 is 0. The van der Waals surface area contributed by atoms with E-state index in [1.54, 1.807) is 24.3 Å². The minimum absolute atomic E-state index is 0.245. The predicted octanol–water partition coefficient (Wildman–Crippen LogP) is 2.04. The minimum Gasteiger partial charge on any atom is -0.151 e. The molecule has 0 aliphatic heterocycles. The van der Waals surface area contributed by atoms with Crippen molar-refractivity contribution in [1.82, 2.24) is 5.73 Å². The third-order valence-corrected chi connectivity index (χ3v) is 1.08. The highest BCUT2D eigenvalue weighted by Crippen LogP contribution is 2.10. The molecule has 0 saturated heterocycles. The lowest BCUT2D eigenvalue weighted by molar-refractivity contribution is 1.49. The molecule has 40 valence electrons. The first-order chi connectivity index (χ1) is 3.79. The maximum Gasteiger partial charge on any atom is 0.0858 e. The van der Waals surface area contributed by atoms with Gasteiger partial charge in [0.2, 0.25) is 0 Å². The van der Waals surface area contributed by atoms with Crippen LogP contribution in [0.25, 0.3) is 0 Å². The lowest BCUT2D eigenvalue weighted by Crippen LogP contribution is -1.65. The normalized spacial score (nSPS) is 9.12. The van der Waals surface area contributed by atoms with Crippen molar-refractivity contribution < 1.29 is 0 Å². The first-order valence-corrected chi connectivity index (χ1v) is 2.61. The number of rotatable bonds is 0. The van der Waals surface area contributed by atoms with Gasteiger partial charge < -0.3 is 0 Å². The van der Waals surface area contributed by atoms with Gasteiger partial charge in [-0.3, -0.25) is 0 Å². The molecule has 0 N–H and O–H groups in total. The first-order valence-electron chi connectivity index (χ1n) is 2.23. The molecule has 1 rings (SSSR count). The molecule has 0 unspecified atom stereocenters. The quantitative estimate of drug-likeness (QED) is 0.507. The zero-order valence-electron chi connectivity index (χ0n) is 4.13. The van der Waals surface area contributed by atoms with Crippen LogP contribution < -0.4 is 5.73 Å². The van der Waals surface area contributed by atoms with Crippen molar-refractivity contribution in [1.29, 1.82) is 0 Å². The smallest absolute Gasteiger partial charge is 0.0858 e. The van der Waals surface area contributed by atoms with Crippen LogP contribution in [0.3, 0.4) is 0 Å². The molecule has 1 aromatic carbocycles. The van der Waals surface area contributed by atoms with Crippen molar-refractivity contribution in [2.24, 2.45) is 0 Å². The Bertz CT molecular complexity index is 147. The maximum atomic E-state index is 8.70. The van der Waals surface area contributed by atoms with E-state index in [0.717, 1.165) is 0 Å². The van der Waals surface area contributed by atoms with Crippen LogP contribution >= 0.6 is 11.6 Å². The molecule has 0 fully saturated rings.